The third-order valence-corrected chi connectivity index (χ3v) is 7.81. The van der Waals surface area contributed by atoms with Crippen molar-refractivity contribution in [2.75, 3.05) is 23.7 Å². The van der Waals surface area contributed by atoms with Crippen LogP contribution in [0.25, 0.3) is 10.9 Å². The maximum Gasteiger partial charge on any atom is 0.376 e. The monoisotopic (exact) mass is 480 g/mol. The summed E-state index contributed by atoms with van der Waals surface area (Å²) in [5.74, 6) is 1.32. The lowest BCUT2D eigenvalue weighted by molar-refractivity contribution is 0.134. The second kappa shape index (κ2) is 7.64. The number of hydrogen-bond acceptors (Lipinski definition) is 7. The maximum absolute atomic E-state index is 15.3. The largest absolute Gasteiger partial charge is 0.437 e. The van der Waals surface area contributed by atoms with Crippen LogP contribution in [0.5, 0.6) is 0 Å². The minimum absolute atomic E-state index is 0.255. The normalized spacial score (nSPS) is 23.8. The predicted molar refractivity (Wildman–Crippen MR) is 117 cm³/mol. The first kappa shape index (κ1) is 20.0. The lowest BCUT2D eigenvalue weighted by Crippen LogP contribution is -2.57. The van der Waals surface area contributed by atoms with Gasteiger partial charge in [-0.1, -0.05) is 18.7 Å². The van der Waals surface area contributed by atoms with E-state index in [1.54, 1.807) is 0 Å². The highest BCUT2D eigenvalue weighted by atomic mass is 79.9. The van der Waals surface area contributed by atoms with Gasteiger partial charge in [-0.15, -0.1) is 0 Å². The third kappa shape index (κ3) is 3.19. The first-order valence-corrected chi connectivity index (χ1v) is 11.9. The fourth-order valence-electron chi connectivity index (χ4n) is 4.92. The number of benzene rings is 1. The van der Waals surface area contributed by atoms with Crippen molar-refractivity contribution in [3.8, 4) is 0 Å². The molecule has 10 heteroatoms. The SMILES string of the molecule is CCSc1nc(N2C3CCC2CN(B(C)O)C3)c2c3c(c(Br)c(F)c2n1)COC3. The van der Waals surface area contributed by atoms with Crippen molar-refractivity contribution in [3.05, 3.63) is 21.4 Å². The third-order valence-electron chi connectivity index (χ3n) is 6.25. The van der Waals surface area contributed by atoms with Gasteiger partial charge >= 0.3 is 7.05 Å². The summed E-state index contributed by atoms with van der Waals surface area (Å²) < 4.78 is 21.5. The van der Waals surface area contributed by atoms with Crippen LogP contribution in [0.3, 0.4) is 0 Å². The minimum Gasteiger partial charge on any atom is -0.437 e. The number of ether oxygens (including phenoxy) is 1. The van der Waals surface area contributed by atoms with Crippen LogP contribution in [-0.4, -0.2) is 57.8 Å². The van der Waals surface area contributed by atoms with Crippen molar-refractivity contribution in [1.29, 1.82) is 0 Å². The summed E-state index contributed by atoms with van der Waals surface area (Å²) in [6.07, 6.45) is 2.10. The van der Waals surface area contributed by atoms with E-state index >= 15 is 4.39 Å². The van der Waals surface area contributed by atoms with E-state index in [2.05, 4.69) is 30.6 Å². The van der Waals surface area contributed by atoms with Crippen molar-refractivity contribution in [2.45, 2.75) is 57.0 Å². The molecule has 0 saturated carbocycles. The minimum atomic E-state index is -0.459. The average molecular weight is 481 g/mol. The molecule has 2 aromatic rings. The highest BCUT2D eigenvalue weighted by Gasteiger charge is 2.43. The highest BCUT2D eigenvalue weighted by Crippen LogP contribution is 2.44. The van der Waals surface area contributed by atoms with Crippen LogP contribution in [0.4, 0.5) is 10.2 Å². The first-order valence-electron chi connectivity index (χ1n) is 10.1. The Bertz CT molecular complexity index is 967. The number of fused-ring (bicyclic) bond motifs is 5. The molecule has 3 aliphatic rings. The Morgan fingerprint density at radius 2 is 1.93 bits per heavy atom. The number of nitrogens with zero attached hydrogens (tertiary/aromatic N) is 4. The Hall–Kier alpha value is -0.935. The van der Waals surface area contributed by atoms with Crippen LogP contribution in [0, 0.1) is 5.82 Å². The van der Waals surface area contributed by atoms with E-state index < -0.39 is 7.05 Å². The lowest BCUT2D eigenvalue weighted by Gasteiger charge is -2.42. The summed E-state index contributed by atoms with van der Waals surface area (Å²) in [5.41, 5.74) is 2.24. The van der Waals surface area contributed by atoms with Crippen LogP contribution in [0.1, 0.15) is 30.9 Å². The van der Waals surface area contributed by atoms with E-state index in [0.29, 0.717) is 28.4 Å². The molecule has 154 valence electrons. The van der Waals surface area contributed by atoms with Crippen molar-refractivity contribution < 1.29 is 14.2 Å². The Morgan fingerprint density at radius 3 is 2.59 bits per heavy atom. The van der Waals surface area contributed by atoms with E-state index in [-0.39, 0.29) is 17.9 Å². The van der Waals surface area contributed by atoms with Gasteiger partial charge in [-0.3, -0.25) is 0 Å². The van der Waals surface area contributed by atoms with Gasteiger partial charge in [0.05, 0.1) is 23.1 Å². The van der Waals surface area contributed by atoms with Crippen LogP contribution < -0.4 is 4.90 Å². The number of thioether (sulfide) groups is 1. The number of hydrogen-bond donors (Lipinski definition) is 1. The van der Waals surface area contributed by atoms with Crippen molar-refractivity contribution in [1.82, 2.24) is 14.8 Å². The molecule has 1 aromatic carbocycles. The van der Waals surface area contributed by atoms with Gasteiger partial charge in [0, 0.05) is 30.7 Å². The molecule has 29 heavy (non-hydrogen) atoms. The van der Waals surface area contributed by atoms with Crippen molar-refractivity contribution in [2.24, 2.45) is 0 Å². The molecule has 3 aliphatic heterocycles. The molecule has 2 unspecified atom stereocenters. The highest BCUT2D eigenvalue weighted by molar-refractivity contribution is 9.10. The van der Waals surface area contributed by atoms with Crippen molar-refractivity contribution in [3.63, 3.8) is 0 Å². The van der Waals surface area contributed by atoms with Crippen LogP contribution in [0.2, 0.25) is 6.82 Å². The van der Waals surface area contributed by atoms with Crippen LogP contribution >= 0.6 is 27.7 Å². The molecule has 2 bridgehead atoms. The second-order valence-electron chi connectivity index (χ2n) is 7.94. The molecule has 0 amide bonds. The molecular weight excluding hydrogens is 458 g/mol. The summed E-state index contributed by atoms with van der Waals surface area (Å²) in [7, 11) is -0.459. The van der Waals surface area contributed by atoms with Gasteiger partial charge in [0.25, 0.3) is 0 Å². The van der Waals surface area contributed by atoms with Crippen LogP contribution in [0.15, 0.2) is 9.63 Å². The van der Waals surface area contributed by atoms with Gasteiger partial charge in [-0.05, 0) is 46.9 Å². The smallest absolute Gasteiger partial charge is 0.376 e. The lowest BCUT2D eigenvalue weighted by atomic mass is 9.83. The standard InChI is InChI=1S/C19H23BBrFN4O2S/c1-3-29-19-23-17-14(12-8-28-9-13(12)15(21)16(17)22)18(24-19)26-10-4-5-11(26)7-25(6-10)20(2)27/h10-11,27H,3-9H2,1-2H3. The van der Waals surface area contributed by atoms with Gasteiger partial charge in [-0.2, -0.15) is 0 Å². The zero-order chi connectivity index (χ0) is 20.3. The average Bonchev–Trinajstić information content (AvgIpc) is 3.28. The molecule has 4 heterocycles. The predicted octanol–water partition coefficient (Wildman–Crippen LogP) is 3.44. The first-order chi connectivity index (χ1) is 14.0. The number of aromatic nitrogens is 2. The van der Waals surface area contributed by atoms with E-state index in [1.165, 1.54) is 11.8 Å². The van der Waals surface area contributed by atoms with E-state index in [0.717, 1.165) is 54.0 Å². The van der Waals surface area contributed by atoms with Crippen molar-refractivity contribution >= 4 is 51.5 Å². The van der Waals surface area contributed by atoms with E-state index in [1.807, 2.05) is 13.7 Å². The molecule has 2 atom stereocenters. The Labute approximate surface area is 182 Å². The van der Waals surface area contributed by atoms with Gasteiger partial charge in [0.15, 0.2) is 11.0 Å². The summed E-state index contributed by atoms with van der Waals surface area (Å²) in [6.45, 7) is 6.29. The van der Waals surface area contributed by atoms with Gasteiger partial charge in [0.2, 0.25) is 0 Å². The zero-order valence-electron chi connectivity index (χ0n) is 16.5. The number of piperazine rings is 1. The second-order valence-corrected chi connectivity index (χ2v) is 9.97. The molecule has 0 spiro atoms. The molecule has 0 aliphatic carbocycles. The summed E-state index contributed by atoms with van der Waals surface area (Å²) in [4.78, 5) is 14.0. The summed E-state index contributed by atoms with van der Waals surface area (Å²) in [5, 5.41) is 11.5. The number of rotatable bonds is 4. The molecule has 6 nitrogen and oxygen atoms in total. The number of anilines is 1. The molecule has 5 rings (SSSR count). The molecule has 0 radical (unpaired) electrons. The Kier molecular flexibility index (Phi) is 5.27. The maximum atomic E-state index is 15.3. The molecular formula is C19H23BBrFN4O2S. The van der Waals surface area contributed by atoms with Gasteiger partial charge < -0.3 is 19.5 Å². The Morgan fingerprint density at radius 1 is 1.24 bits per heavy atom. The molecule has 2 saturated heterocycles. The zero-order valence-corrected chi connectivity index (χ0v) is 18.9. The topological polar surface area (TPSA) is 61.7 Å². The molecule has 1 N–H and O–H groups in total. The Balaban J connectivity index is 1.71. The van der Waals surface area contributed by atoms with Crippen LogP contribution in [-0.2, 0) is 18.0 Å². The molecule has 2 fully saturated rings. The fraction of sp³-hybridized carbons (Fsp3) is 0.579. The quantitative estimate of drug-likeness (QED) is 0.408. The van der Waals surface area contributed by atoms with Gasteiger partial charge in [0.1, 0.15) is 11.3 Å². The summed E-state index contributed by atoms with van der Waals surface area (Å²) in [6, 6.07) is 0.510. The van der Waals surface area contributed by atoms with E-state index in [9.17, 15) is 5.02 Å². The van der Waals surface area contributed by atoms with E-state index in [4.69, 9.17) is 9.72 Å². The molecule has 1 aromatic heterocycles. The van der Waals surface area contributed by atoms with Gasteiger partial charge in [-0.25, -0.2) is 14.4 Å². The summed E-state index contributed by atoms with van der Waals surface area (Å²) >= 11 is 4.96. The number of halogens is 2. The fourth-order valence-corrected chi connectivity index (χ4v) is 6.02.